The third kappa shape index (κ3) is 3.20. The predicted octanol–water partition coefficient (Wildman–Crippen LogP) is 2.97. The number of alkyl halides is 2. The zero-order chi connectivity index (χ0) is 10.6. The molecule has 1 aromatic rings. The molecule has 0 aliphatic carbocycles. The summed E-state index contributed by atoms with van der Waals surface area (Å²) in [7, 11) is 0. The van der Waals surface area contributed by atoms with E-state index in [0.29, 0.717) is 5.56 Å². The maximum atomic E-state index is 11.9. The SMILES string of the molecule is CCc1ccc(C(O)=[SH]C(F)F)cc1. The molecule has 0 unspecified atom stereocenters. The van der Waals surface area contributed by atoms with Gasteiger partial charge in [0, 0.05) is 5.56 Å². The molecule has 0 saturated carbocycles. The van der Waals surface area contributed by atoms with Crippen LogP contribution in [0.4, 0.5) is 8.78 Å². The van der Waals surface area contributed by atoms with Gasteiger partial charge in [0.05, 0.1) is 0 Å². The second kappa shape index (κ2) is 5.22. The number of hydrogen-bond donors (Lipinski definition) is 2. The van der Waals surface area contributed by atoms with E-state index in [0.717, 1.165) is 12.0 Å². The zero-order valence-electron chi connectivity index (χ0n) is 7.74. The van der Waals surface area contributed by atoms with Crippen molar-refractivity contribution in [2.45, 2.75) is 19.1 Å². The molecule has 14 heavy (non-hydrogen) atoms. The first-order valence-electron chi connectivity index (χ1n) is 4.27. The van der Waals surface area contributed by atoms with Crippen LogP contribution in [0.1, 0.15) is 18.1 Å². The summed E-state index contributed by atoms with van der Waals surface area (Å²) >= 11 is -0.332. The summed E-state index contributed by atoms with van der Waals surface area (Å²) in [5.74, 6) is -2.53. The van der Waals surface area contributed by atoms with Gasteiger partial charge in [0.15, 0.2) is 0 Å². The first-order chi connectivity index (χ1) is 6.63. The Hall–Kier alpha value is -0.740. The molecule has 0 spiro atoms. The average molecular weight is 218 g/mol. The van der Waals surface area contributed by atoms with Crippen molar-refractivity contribution in [2.24, 2.45) is 0 Å². The molecule has 78 valence electrons. The number of benzene rings is 1. The minimum Gasteiger partial charge on any atom is -0.355 e. The number of thiol groups is 1. The number of hydrogen-bond acceptors (Lipinski definition) is 0. The number of aliphatic hydroxyl groups is 1. The fourth-order valence-corrected chi connectivity index (χ4v) is 1.54. The van der Waals surface area contributed by atoms with Gasteiger partial charge in [-0.25, -0.2) is 0 Å². The first kappa shape index (κ1) is 11.3. The highest BCUT2D eigenvalue weighted by Crippen LogP contribution is 2.12. The Morgan fingerprint density at radius 2 is 1.93 bits per heavy atom. The van der Waals surface area contributed by atoms with Crippen molar-refractivity contribution in [1.82, 2.24) is 0 Å². The van der Waals surface area contributed by atoms with Crippen LogP contribution in [-0.2, 0) is 6.42 Å². The molecule has 0 aliphatic heterocycles. The predicted molar refractivity (Wildman–Crippen MR) is 57.5 cm³/mol. The Kier molecular flexibility index (Phi) is 4.22. The van der Waals surface area contributed by atoms with E-state index in [4.69, 9.17) is 0 Å². The molecule has 0 aliphatic rings. The van der Waals surface area contributed by atoms with Gasteiger partial charge in [-0.2, -0.15) is 8.78 Å². The lowest BCUT2D eigenvalue weighted by Gasteiger charge is -2.01. The van der Waals surface area contributed by atoms with Gasteiger partial charge < -0.3 is 5.11 Å². The van der Waals surface area contributed by atoms with Gasteiger partial charge in [-0.15, -0.1) is 11.4 Å². The van der Waals surface area contributed by atoms with Crippen LogP contribution >= 0.6 is 11.4 Å². The Balaban J connectivity index is 2.86. The molecule has 0 fully saturated rings. The summed E-state index contributed by atoms with van der Waals surface area (Å²) < 4.78 is 23.8. The first-order valence-corrected chi connectivity index (χ1v) is 5.24. The van der Waals surface area contributed by atoms with Crippen molar-refractivity contribution >= 4 is 16.4 Å². The van der Waals surface area contributed by atoms with Crippen LogP contribution in [0.2, 0.25) is 0 Å². The second-order valence-electron chi connectivity index (χ2n) is 2.78. The van der Waals surface area contributed by atoms with Crippen LogP contribution in [0.5, 0.6) is 0 Å². The van der Waals surface area contributed by atoms with Crippen LogP contribution in [0.15, 0.2) is 24.3 Å². The lowest BCUT2D eigenvalue weighted by molar-refractivity contribution is 0.254. The van der Waals surface area contributed by atoms with Crippen LogP contribution in [-0.4, -0.2) is 15.9 Å². The lowest BCUT2D eigenvalue weighted by Crippen LogP contribution is -1.98. The number of aliphatic hydroxyl groups excluding tert-OH is 1. The van der Waals surface area contributed by atoms with Crippen LogP contribution in [0, 0.1) is 0 Å². The molecule has 4 heteroatoms. The van der Waals surface area contributed by atoms with E-state index in [1.807, 2.05) is 19.1 Å². The highest BCUT2D eigenvalue weighted by molar-refractivity contribution is 7.99. The van der Waals surface area contributed by atoms with Crippen molar-refractivity contribution in [3.63, 3.8) is 0 Å². The summed E-state index contributed by atoms with van der Waals surface area (Å²) in [6.07, 6.45) is 0.896. The van der Waals surface area contributed by atoms with Gasteiger partial charge in [-0.3, -0.25) is 0 Å². The smallest absolute Gasteiger partial charge is 0.279 e. The molecule has 1 rings (SSSR count). The standard InChI is InChI=1S/C10H12F2OS/c1-2-7-3-5-8(6-4-7)9(13)14-10(11)12/h3-6,10,13-14H,2H2,1H3. The fourth-order valence-electron chi connectivity index (χ4n) is 1.06. The number of aryl methyl sites for hydroxylation is 1. The van der Waals surface area contributed by atoms with Gasteiger partial charge in [-0.1, -0.05) is 31.2 Å². The summed E-state index contributed by atoms with van der Waals surface area (Å²) in [4.78, 5) is 0. The van der Waals surface area contributed by atoms with Crippen molar-refractivity contribution in [1.29, 1.82) is 0 Å². The Morgan fingerprint density at radius 1 is 1.36 bits per heavy atom. The van der Waals surface area contributed by atoms with Crippen molar-refractivity contribution in [3.05, 3.63) is 35.4 Å². The molecule has 0 atom stereocenters. The largest absolute Gasteiger partial charge is 0.355 e. The van der Waals surface area contributed by atoms with Crippen LogP contribution in [0.25, 0.3) is 0 Å². The van der Waals surface area contributed by atoms with Gasteiger partial charge >= 0.3 is 0 Å². The van der Waals surface area contributed by atoms with E-state index in [1.165, 1.54) is 0 Å². The highest BCUT2D eigenvalue weighted by atomic mass is 32.1. The van der Waals surface area contributed by atoms with Crippen LogP contribution < -0.4 is 0 Å². The van der Waals surface area contributed by atoms with Gasteiger partial charge in [-0.05, 0) is 12.0 Å². The molecule has 1 aromatic carbocycles. The Bertz CT molecular complexity index is 319. The van der Waals surface area contributed by atoms with Gasteiger partial charge in [0.1, 0.15) is 5.05 Å². The quantitative estimate of drug-likeness (QED) is 0.590. The molecule has 0 bridgehead atoms. The van der Waals surface area contributed by atoms with E-state index in [2.05, 4.69) is 0 Å². The van der Waals surface area contributed by atoms with E-state index in [1.54, 1.807) is 12.1 Å². The summed E-state index contributed by atoms with van der Waals surface area (Å²) in [6, 6.07) is 6.96. The van der Waals surface area contributed by atoms with Crippen molar-refractivity contribution < 1.29 is 13.9 Å². The topological polar surface area (TPSA) is 20.2 Å². The molecule has 1 nitrogen and oxygen atoms in total. The maximum absolute atomic E-state index is 11.9. The van der Waals surface area contributed by atoms with E-state index in [9.17, 15) is 13.9 Å². The maximum Gasteiger partial charge on any atom is 0.279 e. The minimum absolute atomic E-state index is 0.275. The zero-order valence-corrected chi connectivity index (χ0v) is 8.64. The second-order valence-corrected chi connectivity index (χ2v) is 3.85. The Morgan fingerprint density at radius 3 is 2.36 bits per heavy atom. The summed E-state index contributed by atoms with van der Waals surface area (Å²) in [6.45, 7) is 2.01. The molecule has 0 amide bonds. The minimum atomic E-state index is -2.53. The molecule has 0 saturated heterocycles. The summed E-state index contributed by atoms with van der Waals surface area (Å²) in [5.41, 5.74) is 1.58. The molecule has 0 heterocycles. The molecular formula is C10H12F2OS. The fraction of sp³-hybridized carbons (Fsp3) is 0.300. The number of halogens is 2. The van der Waals surface area contributed by atoms with Crippen molar-refractivity contribution in [3.8, 4) is 0 Å². The van der Waals surface area contributed by atoms with Crippen LogP contribution in [0.3, 0.4) is 0 Å². The normalized spacial score (nSPS) is 12.8. The van der Waals surface area contributed by atoms with Gasteiger partial charge in [0.25, 0.3) is 5.76 Å². The van der Waals surface area contributed by atoms with Crippen molar-refractivity contribution in [2.75, 3.05) is 0 Å². The molecule has 0 radical (unpaired) electrons. The molecular weight excluding hydrogens is 206 g/mol. The summed E-state index contributed by atoms with van der Waals surface area (Å²) in [5, 5.41) is 9.00. The molecule has 1 N–H and O–H groups in total. The number of rotatable bonds is 3. The van der Waals surface area contributed by atoms with Gasteiger partial charge in [0.2, 0.25) is 0 Å². The lowest BCUT2D eigenvalue weighted by atomic mass is 10.1. The monoisotopic (exact) mass is 218 g/mol. The molecule has 0 aromatic heterocycles. The van der Waals surface area contributed by atoms with E-state index in [-0.39, 0.29) is 16.4 Å². The third-order valence-electron chi connectivity index (χ3n) is 1.84. The van der Waals surface area contributed by atoms with E-state index < -0.39 is 5.76 Å². The third-order valence-corrected chi connectivity index (χ3v) is 2.54. The Labute approximate surface area is 85.3 Å². The highest BCUT2D eigenvalue weighted by Gasteiger charge is 2.02. The van der Waals surface area contributed by atoms with E-state index >= 15 is 0 Å². The average Bonchev–Trinajstić information content (AvgIpc) is 2.17.